The molecule has 7 nitrogen and oxygen atoms in total. The summed E-state index contributed by atoms with van der Waals surface area (Å²) in [7, 11) is 0. The number of carbonyl (C=O) groups excluding carboxylic acids is 2. The van der Waals surface area contributed by atoms with E-state index in [4.69, 9.17) is 0 Å². The molecule has 7 heteroatoms. The van der Waals surface area contributed by atoms with Gasteiger partial charge in [-0.1, -0.05) is 18.2 Å². The molecular weight excluding hydrogens is 416 g/mol. The van der Waals surface area contributed by atoms with Gasteiger partial charge < -0.3 is 20.6 Å². The third-order valence-corrected chi connectivity index (χ3v) is 6.28. The quantitative estimate of drug-likeness (QED) is 0.514. The van der Waals surface area contributed by atoms with Gasteiger partial charge in [-0.2, -0.15) is 0 Å². The summed E-state index contributed by atoms with van der Waals surface area (Å²) in [5.41, 5.74) is 3.40. The zero-order valence-corrected chi connectivity index (χ0v) is 19.7. The SMILES string of the molecule is CCN(CC)C(=O)c1ccc(NC(=O)CNc2ccccc2CN2CCC(CO)CC2)cc1. The Balaban J connectivity index is 1.51. The lowest BCUT2D eigenvalue weighted by molar-refractivity contribution is -0.114. The van der Waals surface area contributed by atoms with Crippen LogP contribution in [0.2, 0.25) is 0 Å². The van der Waals surface area contributed by atoms with Crippen molar-refractivity contribution in [2.45, 2.75) is 33.2 Å². The second kappa shape index (κ2) is 12.4. The summed E-state index contributed by atoms with van der Waals surface area (Å²) in [5.74, 6) is 0.274. The second-order valence-electron chi connectivity index (χ2n) is 8.52. The first-order valence-electron chi connectivity index (χ1n) is 11.9. The van der Waals surface area contributed by atoms with E-state index in [0.29, 0.717) is 30.3 Å². The summed E-state index contributed by atoms with van der Waals surface area (Å²) in [5, 5.41) is 15.5. The smallest absolute Gasteiger partial charge is 0.253 e. The molecule has 1 fully saturated rings. The van der Waals surface area contributed by atoms with Crippen molar-refractivity contribution >= 4 is 23.2 Å². The van der Waals surface area contributed by atoms with E-state index >= 15 is 0 Å². The number of aliphatic hydroxyl groups is 1. The van der Waals surface area contributed by atoms with Gasteiger partial charge in [-0.25, -0.2) is 0 Å². The third kappa shape index (κ3) is 7.04. The number of piperidine rings is 1. The zero-order valence-electron chi connectivity index (χ0n) is 19.7. The van der Waals surface area contributed by atoms with E-state index in [2.05, 4.69) is 21.6 Å². The maximum atomic E-state index is 12.5. The Bertz CT molecular complexity index is 904. The summed E-state index contributed by atoms with van der Waals surface area (Å²) in [6, 6.07) is 15.1. The number of nitrogens with zero attached hydrogens (tertiary/aromatic N) is 2. The fourth-order valence-corrected chi connectivity index (χ4v) is 4.17. The van der Waals surface area contributed by atoms with Crippen molar-refractivity contribution < 1.29 is 14.7 Å². The predicted octanol–water partition coefficient (Wildman–Crippen LogP) is 3.42. The molecule has 2 aromatic carbocycles. The van der Waals surface area contributed by atoms with Gasteiger partial charge >= 0.3 is 0 Å². The number of nitrogens with one attached hydrogen (secondary N) is 2. The number of likely N-dealkylation sites (tertiary alicyclic amines) is 1. The number of carbonyl (C=O) groups is 2. The normalized spacial score (nSPS) is 14.6. The molecule has 0 aromatic heterocycles. The van der Waals surface area contributed by atoms with Crippen molar-refractivity contribution in [3.05, 3.63) is 59.7 Å². The molecule has 1 saturated heterocycles. The fraction of sp³-hybridized carbons (Fsp3) is 0.462. The van der Waals surface area contributed by atoms with E-state index in [1.807, 2.05) is 32.0 Å². The van der Waals surface area contributed by atoms with Crippen molar-refractivity contribution in [3.8, 4) is 0 Å². The first kappa shape index (κ1) is 24.7. The number of rotatable bonds is 10. The minimum atomic E-state index is -0.142. The highest BCUT2D eigenvalue weighted by molar-refractivity contribution is 5.96. The summed E-state index contributed by atoms with van der Waals surface area (Å²) < 4.78 is 0. The number of benzene rings is 2. The van der Waals surface area contributed by atoms with Crippen LogP contribution in [0, 0.1) is 5.92 Å². The van der Waals surface area contributed by atoms with Crippen LogP contribution < -0.4 is 10.6 Å². The summed E-state index contributed by atoms with van der Waals surface area (Å²) in [4.78, 5) is 29.1. The molecule has 0 spiro atoms. The molecule has 0 aliphatic carbocycles. The Morgan fingerprint density at radius 1 is 1.03 bits per heavy atom. The molecule has 1 aliphatic heterocycles. The third-order valence-electron chi connectivity index (χ3n) is 6.28. The molecule has 0 bridgehead atoms. The van der Waals surface area contributed by atoms with Gasteiger partial charge in [-0.15, -0.1) is 0 Å². The van der Waals surface area contributed by atoms with Gasteiger partial charge in [0.05, 0.1) is 6.54 Å². The monoisotopic (exact) mass is 452 g/mol. The minimum absolute atomic E-state index is 0.00302. The lowest BCUT2D eigenvalue weighted by atomic mass is 9.97. The van der Waals surface area contributed by atoms with Crippen molar-refractivity contribution in [1.82, 2.24) is 9.80 Å². The maximum Gasteiger partial charge on any atom is 0.253 e. The number of aliphatic hydroxyl groups excluding tert-OH is 1. The molecule has 33 heavy (non-hydrogen) atoms. The Morgan fingerprint density at radius 2 is 1.70 bits per heavy atom. The number of hydrogen-bond donors (Lipinski definition) is 3. The molecular formula is C26H36N4O3. The molecule has 178 valence electrons. The molecule has 2 amide bonds. The van der Waals surface area contributed by atoms with Crippen molar-refractivity contribution in [3.63, 3.8) is 0 Å². The van der Waals surface area contributed by atoms with E-state index in [9.17, 15) is 14.7 Å². The second-order valence-corrected chi connectivity index (χ2v) is 8.52. The molecule has 3 N–H and O–H groups in total. The maximum absolute atomic E-state index is 12.5. The van der Waals surface area contributed by atoms with Crippen molar-refractivity contribution in [1.29, 1.82) is 0 Å². The topological polar surface area (TPSA) is 84.9 Å². The number of anilines is 2. The molecule has 0 radical (unpaired) electrons. The van der Waals surface area contributed by atoms with Crippen LogP contribution in [0.4, 0.5) is 11.4 Å². The van der Waals surface area contributed by atoms with Gasteiger partial charge in [0.25, 0.3) is 5.91 Å². The van der Waals surface area contributed by atoms with E-state index in [1.54, 1.807) is 29.2 Å². The van der Waals surface area contributed by atoms with Gasteiger partial charge in [0.2, 0.25) is 5.91 Å². The van der Waals surface area contributed by atoms with Crippen LogP contribution >= 0.6 is 0 Å². The van der Waals surface area contributed by atoms with Gasteiger partial charge in [0.15, 0.2) is 0 Å². The lowest BCUT2D eigenvalue weighted by Gasteiger charge is -2.31. The summed E-state index contributed by atoms with van der Waals surface area (Å²) >= 11 is 0. The summed E-state index contributed by atoms with van der Waals surface area (Å²) in [6.45, 7) is 8.47. The van der Waals surface area contributed by atoms with Crippen LogP contribution in [0.25, 0.3) is 0 Å². The summed E-state index contributed by atoms with van der Waals surface area (Å²) in [6.07, 6.45) is 2.04. The van der Waals surface area contributed by atoms with Crippen LogP contribution in [0.15, 0.2) is 48.5 Å². The molecule has 1 aliphatic rings. The van der Waals surface area contributed by atoms with E-state index < -0.39 is 0 Å². The highest BCUT2D eigenvalue weighted by Gasteiger charge is 2.19. The first-order chi connectivity index (χ1) is 16.0. The van der Waals surface area contributed by atoms with E-state index in [0.717, 1.165) is 43.7 Å². The zero-order chi connectivity index (χ0) is 23.6. The largest absolute Gasteiger partial charge is 0.396 e. The molecule has 2 aromatic rings. The molecule has 1 heterocycles. The van der Waals surface area contributed by atoms with E-state index in [1.165, 1.54) is 0 Å². The Kier molecular flexibility index (Phi) is 9.27. The highest BCUT2D eigenvalue weighted by Crippen LogP contribution is 2.22. The fourth-order valence-electron chi connectivity index (χ4n) is 4.17. The number of para-hydroxylation sites is 1. The van der Waals surface area contributed by atoms with Crippen LogP contribution in [0.5, 0.6) is 0 Å². The highest BCUT2D eigenvalue weighted by atomic mass is 16.3. The minimum Gasteiger partial charge on any atom is -0.396 e. The standard InChI is InChI=1S/C26H36N4O3/c1-3-30(4-2)26(33)21-9-11-23(12-10-21)28-25(32)17-27-24-8-6-5-7-22(24)18-29-15-13-20(19-31)14-16-29/h5-12,20,27,31H,3-4,13-19H2,1-2H3,(H,28,32). The van der Waals surface area contributed by atoms with Crippen molar-refractivity contribution in [2.24, 2.45) is 5.92 Å². The van der Waals surface area contributed by atoms with Gasteiger partial charge in [-0.05, 0) is 81.6 Å². The molecule has 0 atom stereocenters. The van der Waals surface area contributed by atoms with E-state index in [-0.39, 0.29) is 25.0 Å². The molecule has 0 saturated carbocycles. The van der Waals surface area contributed by atoms with Crippen LogP contribution in [0.3, 0.4) is 0 Å². The van der Waals surface area contributed by atoms with Crippen LogP contribution in [-0.2, 0) is 11.3 Å². The average Bonchev–Trinajstić information content (AvgIpc) is 2.85. The Labute approximate surface area is 196 Å². The van der Waals surface area contributed by atoms with Gasteiger partial charge in [-0.3, -0.25) is 14.5 Å². The molecule has 3 rings (SSSR count). The Hall–Kier alpha value is -2.90. The number of hydrogen-bond acceptors (Lipinski definition) is 5. The van der Waals surface area contributed by atoms with Crippen LogP contribution in [-0.4, -0.2) is 66.1 Å². The first-order valence-corrected chi connectivity index (χ1v) is 11.9. The van der Waals surface area contributed by atoms with Gasteiger partial charge in [0.1, 0.15) is 0 Å². The van der Waals surface area contributed by atoms with Crippen LogP contribution in [0.1, 0.15) is 42.6 Å². The molecule has 0 unspecified atom stereocenters. The average molecular weight is 453 g/mol. The predicted molar refractivity (Wildman–Crippen MR) is 132 cm³/mol. The lowest BCUT2D eigenvalue weighted by Crippen LogP contribution is -2.34. The Morgan fingerprint density at radius 3 is 2.33 bits per heavy atom. The van der Waals surface area contributed by atoms with Gasteiger partial charge in [0, 0.05) is 43.2 Å². The number of amides is 2. The van der Waals surface area contributed by atoms with Crippen molar-refractivity contribution in [2.75, 3.05) is 50.0 Å².